The number of hydrogen-bond donors (Lipinski definition) is 1. The van der Waals surface area contributed by atoms with Crippen LogP contribution in [0.3, 0.4) is 0 Å². The van der Waals surface area contributed by atoms with E-state index in [1.54, 1.807) is 18.5 Å². The smallest absolute Gasteiger partial charge is 0.348 e. The zero-order valence-electron chi connectivity index (χ0n) is 18.1. The van der Waals surface area contributed by atoms with Gasteiger partial charge in [-0.3, -0.25) is 14.2 Å². The van der Waals surface area contributed by atoms with Gasteiger partial charge in [0.15, 0.2) is 5.13 Å². The van der Waals surface area contributed by atoms with Gasteiger partial charge in [0.2, 0.25) is 5.91 Å². The summed E-state index contributed by atoms with van der Waals surface area (Å²) in [5.74, 6) is -0.824. The summed E-state index contributed by atoms with van der Waals surface area (Å²) in [6, 6.07) is 9.00. The zero-order valence-corrected chi connectivity index (χ0v) is 19.7. The Kier molecular flexibility index (Phi) is 6.95. The minimum atomic E-state index is -0.751. The molecule has 1 amide bonds. The fourth-order valence-corrected chi connectivity index (χ4v) is 5.07. The third kappa shape index (κ3) is 4.86. The van der Waals surface area contributed by atoms with Crippen molar-refractivity contribution in [2.24, 2.45) is 0 Å². The first-order valence-electron chi connectivity index (χ1n) is 10.4. The Labute approximate surface area is 197 Å². The number of rotatable bonds is 8. The van der Waals surface area contributed by atoms with E-state index < -0.39 is 12.0 Å². The summed E-state index contributed by atoms with van der Waals surface area (Å²) in [4.78, 5) is 47.9. The summed E-state index contributed by atoms with van der Waals surface area (Å²) in [7, 11) is 0. The number of nitrogens with zero attached hydrogens (tertiary/aromatic N) is 3. The molecule has 0 fully saturated rings. The molecule has 0 radical (unpaired) electrons. The third-order valence-electron chi connectivity index (χ3n) is 5.22. The van der Waals surface area contributed by atoms with Crippen molar-refractivity contribution >= 4 is 49.9 Å². The number of fused-ring (bicyclic) bond motifs is 1. The quantitative estimate of drug-likeness (QED) is 0.377. The van der Waals surface area contributed by atoms with Gasteiger partial charge in [0.1, 0.15) is 15.7 Å². The molecule has 4 aromatic rings. The molecular weight excluding hydrogens is 460 g/mol. The van der Waals surface area contributed by atoms with Crippen molar-refractivity contribution in [3.63, 3.8) is 0 Å². The average molecular weight is 483 g/mol. The number of esters is 1. The van der Waals surface area contributed by atoms with Crippen LogP contribution in [0.25, 0.3) is 10.2 Å². The second kappa shape index (κ2) is 10.1. The highest BCUT2D eigenvalue weighted by atomic mass is 32.1. The molecule has 10 heteroatoms. The molecule has 4 rings (SSSR count). The lowest BCUT2D eigenvalue weighted by Crippen LogP contribution is -2.33. The molecule has 1 aromatic carbocycles. The van der Waals surface area contributed by atoms with E-state index in [1.807, 2.05) is 37.3 Å². The molecule has 8 nitrogen and oxygen atoms in total. The summed E-state index contributed by atoms with van der Waals surface area (Å²) >= 11 is 2.42. The lowest BCUT2D eigenvalue weighted by atomic mass is 10.1. The van der Waals surface area contributed by atoms with Crippen LogP contribution < -0.4 is 10.9 Å². The Balaban J connectivity index is 1.56. The second-order valence-corrected chi connectivity index (χ2v) is 9.21. The number of nitrogens with one attached hydrogen (secondary N) is 1. The molecule has 170 valence electrons. The van der Waals surface area contributed by atoms with E-state index in [9.17, 15) is 14.4 Å². The first-order chi connectivity index (χ1) is 16.0. The SMILES string of the molecule is CCC(C(=O)Nc1nccs1)n1cnc2sc(C(=O)OCCc3ccccc3)c(C)c2c1=O. The van der Waals surface area contributed by atoms with Crippen molar-refractivity contribution in [1.29, 1.82) is 0 Å². The van der Waals surface area contributed by atoms with Crippen LogP contribution in [0.4, 0.5) is 5.13 Å². The Morgan fingerprint density at radius 3 is 2.70 bits per heavy atom. The molecule has 3 heterocycles. The van der Waals surface area contributed by atoms with Crippen LogP contribution in [0, 0.1) is 6.92 Å². The highest BCUT2D eigenvalue weighted by Crippen LogP contribution is 2.28. The summed E-state index contributed by atoms with van der Waals surface area (Å²) in [5.41, 5.74) is 1.23. The number of thiophene rings is 1. The molecule has 1 atom stereocenters. The highest BCUT2D eigenvalue weighted by molar-refractivity contribution is 7.20. The first-order valence-corrected chi connectivity index (χ1v) is 12.1. The molecule has 0 aliphatic heterocycles. The molecule has 0 saturated heterocycles. The van der Waals surface area contributed by atoms with Gasteiger partial charge in [-0.25, -0.2) is 14.8 Å². The third-order valence-corrected chi connectivity index (χ3v) is 7.08. The first kappa shape index (κ1) is 22.8. The van der Waals surface area contributed by atoms with E-state index in [2.05, 4.69) is 15.3 Å². The lowest BCUT2D eigenvalue weighted by Gasteiger charge is -2.16. The van der Waals surface area contributed by atoms with Gasteiger partial charge < -0.3 is 10.1 Å². The maximum absolute atomic E-state index is 13.3. The summed E-state index contributed by atoms with van der Waals surface area (Å²) in [6.45, 7) is 3.76. The van der Waals surface area contributed by atoms with Crippen LogP contribution in [0.2, 0.25) is 0 Å². The molecule has 1 N–H and O–H groups in total. The summed E-state index contributed by atoms with van der Waals surface area (Å²) in [5, 5.41) is 5.28. The van der Waals surface area contributed by atoms with E-state index >= 15 is 0 Å². The molecular formula is C23H22N4O4S2. The lowest BCUT2D eigenvalue weighted by molar-refractivity contribution is -0.119. The van der Waals surface area contributed by atoms with Crippen molar-refractivity contribution in [2.45, 2.75) is 32.7 Å². The van der Waals surface area contributed by atoms with E-state index in [0.717, 1.165) is 16.9 Å². The fraction of sp³-hybridized carbons (Fsp3) is 0.261. The molecule has 0 aliphatic carbocycles. The Bertz CT molecular complexity index is 1330. The standard InChI is InChI=1S/C23H22N4O4S2/c1-3-16(19(28)26-23-24-10-12-32-23)27-13-25-20-17(21(27)29)14(2)18(33-20)22(30)31-11-9-15-7-5-4-6-8-15/h4-8,10,12-13,16H,3,9,11H2,1-2H3,(H,24,26,28). The van der Waals surface area contributed by atoms with Crippen LogP contribution in [-0.4, -0.2) is 33.0 Å². The number of amides is 1. The molecule has 0 saturated carbocycles. The van der Waals surface area contributed by atoms with Crippen LogP contribution in [0.15, 0.2) is 53.0 Å². The van der Waals surface area contributed by atoms with E-state index in [0.29, 0.717) is 38.6 Å². The Morgan fingerprint density at radius 2 is 2.00 bits per heavy atom. The van der Waals surface area contributed by atoms with Gasteiger partial charge in [-0.1, -0.05) is 37.3 Å². The zero-order chi connectivity index (χ0) is 23.4. The number of aryl methyl sites for hydroxylation is 1. The maximum Gasteiger partial charge on any atom is 0.348 e. The van der Waals surface area contributed by atoms with Gasteiger partial charge in [-0.05, 0) is 24.5 Å². The van der Waals surface area contributed by atoms with Crippen molar-refractivity contribution in [2.75, 3.05) is 11.9 Å². The predicted octanol–water partition coefficient (Wildman–Crippen LogP) is 4.21. The van der Waals surface area contributed by atoms with Gasteiger partial charge in [0, 0.05) is 18.0 Å². The summed E-state index contributed by atoms with van der Waals surface area (Å²) in [6.07, 6.45) is 3.95. The van der Waals surface area contributed by atoms with Crippen LogP contribution in [-0.2, 0) is 16.0 Å². The molecule has 3 aromatic heterocycles. The molecule has 0 aliphatic rings. The number of thiazole rings is 1. The minimum absolute atomic E-state index is 0.239. The van der Waals surface area contributed by atoms with Crippen molar-refractivity contribution in [3.8, 4) is 0 Å². The molecule has 0 bridgehead atoms. The Morgan fingerprint density at radius 1 is 1.21 bits per heavy atom. The van der Waals surface area contributed by atoms with Crippen molar-refractivity contribution in [3.05, 3.63) is 74.6 Å². The van der Waals surface area contributed by atoms with Crippen molar-refractivity contribution < 1.29 is 14.3 Å². The molecule has 0 spiro atoms. The van der Waals surface area contributed by atoms with Gasteiger partial charge in [-0.15, -0.1) is 22.7 Å². The number of hydrogen-bond acceptors (Lipinski definition) is 8. The van der Waals surface area contributed by atoms with E-state index in [1.165, 1.54) is 22.2 Å². The van der Waals surface area contributed by atoms with Crippen LogP contribution in [0.5, 0.6) is 0 Å². The monoisotopic (exact) mass is 482 g/mol. The number of carbonyl (C=O) groups is 2. The van der Waals surface area contributed by atoms with E-state index in [-0.39, 0.29) is 18.1 Å². The average Bonchev–Trinajstić information content (AvgIpc) is 3.44. The topological polar surface area (TPSA) is 103 Å². The van der Waals surface area contributed by atoms with Crippen LogP contribution >= 0.6 is 22.7 Å². The van der Waals surface area contributed by atoms with Crippen molar-refractivity contribution in [1.82, 2.24) is 14.5 Å². The highest BCUT2D eigenvalue weighted by Gasteiger charge is 2.25. The number of anilines is 1. The van der Waals surface area contributed by atoms with Gasteiger partial charge in [0.05, 0.1) is 18.3 Å². The summed E-state index contributed by atoms with van der Waals surface area (Å²) < 4.78 is 6.76. The normalized spacial score (nSPS) is 11.9. The Hall–Kier alpha value is -3.37. The number of carbonyl (C=O) groups excluding carboxylic acids is 2. The largest absolute Gasteiger partial charge is 0.461 e. The molecule has 1 unspecified atom stereocenters. The van der Waals surface area contributed by atoms with E-state index in [4.69, 9.17) is 4.74 Å². The number of aromatic nitrogens is 3. The van der Waals surface area contributed by atoms with Gasteiger partial charge in [0.25, 0.3) is 5.56 Å². The molecule has 33 heavy (non-hydrogen) atoms. The van der Waals surface area contributed by atoms with Gasteiger partial charge in [-0.2, -0.15) is 0 Å². The maximum atomic E-state index is 13.3. The predicted molar refractivity (Wildman–Crippen MR) is 129 cm³/mol. The second-order valence-electron chi connectivity index (χ2n) is 7.32. The number of benzene rings is 1. The minimum Gasteiger partial charge on any atom is -0.461 e. The fourth-order valence-electron chi connectivity index (χ4n) is 3.51. The van der Waals surface area contributed by atoms with Crippen LogP contribution in [0.1, 0.15) is 40.2 Å². The number of ether oxygens (including phenoxy) is 1. The van der Waals surface area contributed by atoms with Gasteiger partial charge >= 0.3 is 5.97 Å².